The van der Waals surface area contributed by atoms with Crippen LogP contribution in [0.1, 0.15) is 39.1 Å². The molecule has 0 amide bonds. The van der Waals surface area contributed by atoms with E-state index in [2.05, 4.69) is 39.1 Å². The van der Waals surface area contributed by atoms with Crippen LogP contribution in [0, 0.1) is 12.8 Å². The number of hydrogen-bond donors (Lipinski definition) is 0. The van der Waals surface area contributed by atoms with Crippen LogP contribution in [-0.2, 0) is 6.54 Å². The Bertz CT molecular complexity index is 1240. The molecule has 4 aromatic rings. The fourth-order valence-corrected chi connectivity index (χ4v) is 3.10. The van der Waals surface area contributed by atoms with Crippen LogP contribution in [-0.4, -0.2) is 42.4 Å². The lowest BCUT2D eigenvalue weighted by Crippen LogP contribution is -2.20. The van der Waals surface area contributed by atoms with Crippen LogP contribution in [0.5, 0.6) is 11.6 Å². The number of aryl methyl sites for hydroxylation is 1. The van der Waals surface area contributed by atoms with Gasteiger partial charge >= 0.3 is 0 Å². The van der Waals surface area contributed by atoms with Gasteiger partial charge in [0.2, 0.25) is 23.4 Å². The SMILES string of the molecule is Cc1nc(-c2nc(-c3ccc(OC(C)(C)F)cc3)no2)nn1Cc1ccnc(OCC(C)C)c1. The number of nitrogens with zero attached hydrogens (tertiary/aromatic N) is 6. The van der Waals surface area contributed by atoms with Crippen molar-refractivity contribution in [3.8, 4) is 34.7 Å². The van der Waals surface area contributed by atoms with Crippen molar-refractivity contribution in [1.29, 1.82) is 0 Å². The standard InChI is InChI=1S/C24H27FN6O3/c1-15(2)14-32-20-12-17(10-11-26-20)13-31-16(3)27-22(29-31)23-28-21(30-34-23)18-6-8-19(9-7-18)33-24(4,5)25/h6-12,15H,13-14H2,1-5H3. The third-order valence-electron chi connectivity index (χ3n) is 4.64. The Labute approximate surface area is 197 Å². The fourth-order valence-electron chi connectivity index (χ4n) is 3.10. The maximum atomic E-state index is 13.7. The van der Waals surface area contributed by atoms with Gasteiger partial charge in [-0.1, -0.05) is 19.0 Å². The quantitative estimate of drug-likeness (QED) is 0.344. The van der Waals surface area contributed by atoms with Crippen molar-refractivity contribution in [3.05, 3.63) is 54.0 Å². The van der Waals surface area contributed by atoms with E-state index >= 15 is 0 Å². The molecule has 0 aliphatic heterocycles. The van der Waals surface area contributed by atoms with Crippen molar-refractivity contribution >= 4 is 0 Å². The molecule has 3 heterocycles. The Morgan fingerprint density at radius 2 is 1.85 bits per heavy atom. The minimum atomic E-state index is -1.76. The van der Waals surface area contributed by atoms with Gasteiger partial charge in [-0.2, -0.15) is 9.37 Å². The molecule has 0 radical (unpaired) electrons. The normalized spacial score (nSPS) is 11.7. The Kier molecular flexibility index (Phi) is 6.58. The summed E-state index contributed by atoms with van der Waals surface area (Å²) in [4.78, 5) is 13.1. The molecule has 4 rings (SSSR count). The number of benzene rings is 1. The second-order valence-corrected chi connectivity index (χ2v) is 8.76. The van der Waals surface area contributed by atoms with E-state index in [1.165, 1.54) is 13.8 Å². The smallest absolute Gasteiger partial charge is 0.297 e. The molecule has 0 aliphatic rings. The lowest BCUT2D eigenvalue weighted by atomic mass is 10.2. The van der Waals surface area contributed by atoms with Crippen LogP contribution in [0.25, 0.3) is 23.1 Å². The molecule has 0 atom stereocenters. The first-order valence-electron chi connectivity index (χ1n) is 11.0. The highest BCUT2D eigenvalue weighted by Gasteiger charge is 2.19. The molecule has 1 aromatic carbocycles. The van der Waals surface area contributed by atoms with E-state index < -0.39 is 5.85 Å². The molecule has 0 fully saturated rings. The number of halogens is 1. The zero-order valence-corrected chi connectivity index (χ0v) is 19.8. The van der Waals surface area contributed by atoms with Crippen LogP contribution < -0.4 is 9.47 Å². The van der Waals surface area contributed by atoms with E-state index in [0.29, 0.717) is 53.7 Å². The summed E-state index contributed by atoms with van der Waals surface area (Å²) in [6.07, 6.45) is 1.72. The monoisotopic (exact) mass is 466 g/mol. The van der Waals surface area contributed by atoms with Crippen molar-refractivity contribution in [2.75, 3.05) is 6.61 Å². The number of pyridine rings is 1. The average Bonchev–Trinajstić information content (AvgIpc) is 3.39. The fraction of sp³-hybridized carbons (Fsp3) is 0.375. The molecule has 0 saturated heterocycles. The predicted octanol–water partition coefficient (Wildman–Crippen LogP) is 4.87. The van der Waals surface area contributed by atoms with Gasteiger partial charge < -0.3 is 14.0 Å². The van der Waals surface area contributed by atoms with Gasteiger partial charge in [-0.25, -0.2) is 14.6 Å². The summed E-state index contributed by atoms with van der Waals surface area (Å²) in [6.45, 7) is 9.81. The van der Waals surface area contributed by atoms with Gasteiger partial charge in [-0.15, -0.1) is 5.10 Å². The van der Waals surface area contributed by atoms with Gasteiger partial charge in [0.1, 0.15) is 11.6 Å². The number of aromatic nitrogens is 6. The van der Waals surface area contributed by atoms with Gasteiger partial charge in [0, 0.05) is 31.7 Å². The molecule has 0 spiro atoms. The minimum Gasteiger partial charge on any atom is -0.477 e. The van der Waals surface area contributed by atoms with Crippen LogP contribution in [0.15, 0.2) is 47.1 Å². The van der Waals surface area contributed by atoms with Crippen LogP contribution >= 0.6 is 0 Å². The first-order valence-corrected chi connectivity index (χ1v) is 11.0. The maximum absolute atomic E-state index is 13.7. The molecule has 0 bridgehead atoms. The molecule has 3 aromatic heterocycles. The maximum Gasteiger partial charge on any atom is 0.297 e. The van der Waals surface area contributed by atoms with Gasteiger partial charge in [0.25, 0.3) is 5.89 Å². The third-order valence-corrected chi connectivity index (χ3v) is 4.64. The first-order chi connectivity index (χ1) is 16.2. The molecular formula is C24H27FN6O3. The van der Waals surface area contributed by atoms with Crippen molar-refractivity contribution < 1.29 is 18.4 Å². The van der Waals surface area contributed by atoms with E-state index in [0.717, 1.165) is 5.56 Å². The molecule has 178 valence electrons. The summed E-state index contributed by atoms with van der Waals surface area (Å²) in [5, 5.41) is 8.55. The summed E-state index contributed by atoms with van der Waals surface area (Å²) in [6, 6.07) is 10.6. The summed E-state index contributed by atoms with van der Waals surface area (Å²) in [5.74, 6) is 1.25. The van der Waals surface area contributed by atoms with Crippen LogP contribution in [0.4, 0.5) is 4.39 Å². The number of ether oxygens (including phenoxy) is 2. The molecular weight excluding hydrogens is 439 g/mol. The van der Waals surface area contributed by atoms with Crippen molar-refractivity contribution in [2.24, 2.45) is 5.92 Å². The molecule has 34 heavy (non-hydrogen) atoms. The largest absolute Gasteiger partial charge is 0.477 e. The van der Waals surface area contributed by atoms with Crippen LogP contribution in [0.3, 0.4) is 0 Å². The van der Waals surface area contributed by atoms with E-state index in [1.54, 1.807) is 35.1 Å². The zero-order chi connectivity index (χ0) is 24.3. The number of hydrogen-bond acceptors (Lipinski definition) is 8. The highest BCUT2D eigenvalue weighted by atomic mass is 19.2. The number of rotatable bonds is 9. The van der Waals surface area contributed by atoms with Gasteiger partial charge in [0.15, 0.2) is 0 Å². The van der Waals surface area contributed by atoms with Crippen molar-refractivity contribution in [3.63, 3.8) is 0 Å². The van der Waals surface area contributed by atoms with E-state index in [4.69, 9.17) is 14.0 Å². The van der Waals surface area contributed by atoms with Crippen molar-refractivity contribution in [2.45, 2.75) is 47.0 Å². The second kappa shape index (κ2) is 9.58. The van der Waals surface area contributed by atoms with Gasteiger partial charge in [-0.05, 0) is 48.7 Å². The molecule has 0 unspecified atom stereocenters. The highest BCUT2D eigenvalue weighted by molar-refractivity contribution is 5.57. The third kappa shape index (κ3) is 5.94. The Balaban J connectivity index is 1.47. The van der Waals surface area contributed by atoms with E-state index in [1.807, 2.05) is 19.1 Å². The minimum absolute atomic E-state index is 0.206. The summed E-state index contributed by atoms with van der Waals surface area (Å²) < 4.78 is 31.7. The van der Waals surface area contributed by atoms with Crippen LogP contribution in [0.2, 0.25) is 0 Å². The van der Waals surface area contributed by atoms with E-state index in [9.17, 15) is 4.39 Å². The van der Waals surface area contributed by atoms with Crippen molar-refractivity contribution in [1.82, 2.24) is 29.9 Å². The molecule has 10 heteroatoms. The lowest BCUT2D eigenvalue weighted by molar-refractivity contribution is -0.0256. The topological polar surface area (TPSA) is 101 Å². The molecule has 0 saturated carbocycles. The summed E-state index contributed by atoms with van der Waals surface area (Å²) >= 11 is 0. The Hall–Kier alpha value is -3.82. The average molecular weight is 467 g/mol. The second-order valence-electron chi connectivity index (χ2n) is 8.76. The van der Waals surface area contributed by atoms with Gasteiger partial charge in [-0.3, -0.25) is 0 Å². The molecule has 9 nitrogen and oxygen atoms in total. The molecule has 0 N–H and O–H groups in total. The predicted molar refractivity (Wildman–Crippen MR) is 123 cm³/mol. The zero-order valence-electron chi connectivity index (χ0n) is 19.8. The first kappa shape index (κ1) is 23.3. The number of alkyl halides is 1. The Morgan fingerprint density at radius 3 is 2.56 bits per heavy atom. The molecule has 0 aliphatic carbocycles. The lowest BCUT2D eigenvalue weighted by Gasteiger charge is -2.16. The van der Waals surface area contributed by atoms with Gasteiger partial charge in [0.05, 0.1) is 13.2 Å². The Morgan fingerprint density at radius 1 is 1.09 bits per heavy atom. The highest BCUT2D eigenvalue weighted by Crippen LogP contribution is 2.25. The summed E-state index contributed by atoms with van der Waals surface area (Å²) in [7, 11) is 0. The summed E-state index contributed by atoms with van der Waals surface area (Å²) in [5.41, 5.74) is 1.68. The van der Waals surface area contributed by atoms with E-state index in [-0.39, 0.29) is 5.89 Å².